The van der Waals surface area contributed by atoms with Crippen LogP contribution in [-0.2, 0) is 9.31 Å². The lowest BCUT2D eigenvalue weighted by atomic mass is 9.74. The molecule has 0 amide bonds. The SMILES string of the molecule is CC1(C)OB([C@@H](N)c2c(F)c(F)c(F)c(F)c2F)OC1(C)C. The van der Waals surface area contributed by atoms with Gasteiger partial charge in [0.2, 0.25) is 5.82 Å². The summed E-state index contributed by atoms with van der Waals surface area (Å²) < 4.78 is 78.1. The van der Waals surface area contributed by atoms with E-state index in [1.807, 2.05) is 0 Å². The van der Waals surface area contributed by atoms with Crippen LogP contribution in [0.3, 0.4) is 0 Å². The Morgan fingerprint density at radius 1 is 0.773 bits per heavy atom. The Morgan fingerprint density at radius 3 is 1.45 bits per heavy atom. The van der Waals surface area contributed by atoms with E-state index < -0.39 is 58.9 Å². The topological polar surface area (TPSA) is 44.5 Å². The quantitative estimate of drug-likeness (QED) is 0.394. The van der Waals surface area contributed by atoms with E-state index in [1.165, 1.54) is 0 Å². The zero-order chi connectivity index (χ0) is 17.0. The zero-order valence-corrected chi connectivity index (χ0v) is 12.4. The summed E-state index contributed by atoms with van der Waals surface area (Å²) in [7, 11) is -1.35. The summed E-state index contributed by atoms with van der Waals surface area (Å²) in [5, 5.41) is 0. The fraction of sp³-hybridized carbons (Fsp3) is 0.538. The maximum atomic E-state index is 13.8. The normalized spacial score (nSPS) is 21.3. The van der Waals surface area contributed by atoms with Gasteiger partial charge in [-0.05, 0) is 27.7 Å². The highest BCUT2D eigenvalue weighted by atomic mass is 19.2. The molecule has 1 fully saturated rings. The summed E-state index contributed by atoms with van der Waals surface area (Å²) in [5.74, 6) is -12.0. The van der Waals surface area contributed by atoms with Crippen LogP contribution < -0.4 is 5.73 Å². The van der Waals surface area contributed by atoms with Crippen molar-refractivity contribution in [2.75, 3.05) is 0 Å². The van der Waals surface area contributed by atoms with Crippen LogP contribution in [0.5, 0.6) is 0 Å². The molecule has 0 aromatic heterocycles. The smallest absolute Gasteiger partial charge is 0.402 e. The molecule has 1 atom stereocenters. The lowest BCUT2D eigenvalue weighted by Crippen LogP contribution is -2.41. The van der Waals surface area contributed by atoms with Gasteiger partial charge in [-0.25, -0.2) is 22.0 Å². The molecule has 0 unspecified atom stereocenters. The fourth-order valence-corrected chi connectivity index (χ4v) is 2.09. The first kappa shape index (κ1) is 17.2. The number of benzene rings is 1. The number of halogens is 5. The zero-order valence-electron chi connectivity index (χ0n) is 12.4. The Bertz CT molecular complexity index is 578. The van der Waals surface area contributed by atoms with Crippen LogP contribution >= 0.6 is 0 Å². The van der Waals surface area contributed by atoms with Crippen molar-refractivity contribution in [2.45, 2.75) is 44.8 Å². The van der Waals surface area contributed by atoms with Gasteiger partial charge in [-0.1, -0.05) is 0 Å². The van der Waals surface area contributed by atoms with Crippen molar-refractivity contribution in [3.63, 3.8) is 0 Å². The van der Waals surface area contributed by atoms with E-state index in [4.69, 9.17) is 15.0 Å². The van der Waals surface area contributed by atoms with Gasteiger partial charge in [0.15, 0.2) is 23.3 Å². The van der Waals surface area contributed by atoms with E-state index in [0.717, 1.165) is 0 Å². The molecule has 1 heterocycles. The first-order valence-electron chi connectivity index (χ1n) is 6.53. The summed E-state index contributed by atoms with van der Waals surface area (Å²) in [6, 6.07) is 0. The summed E-state index contributed by atoms with van der Waals surface area (Å²) >= 11 is 0. The van der Waals surface area contributed by atoms with Crippen molar-refractivity contribution in [3.8, 4) is 0 Å². The minimum absolute atomic E-state index is 0.862. The van der Waals surface area contributed by atoms with Crippen LogP contribution in [0.1, 0.15) is 39.2 Å². The highest BCUT2D eigenvalue weighted by Gasteiger charge is 2.54. The van der Waals surface area contributed by atoms with Crippen molar-refractivity contribution >= 4 is 7.12 Å². The van der Waals surface area contributed by atoms with E-state index in [2.05, 4.69) is 0 Å². The van der Waals surface area contributed by atoms with Gasteiger partial charge in [-0.3, -0.25) is 0 Å². The second-order valence-electron chi connectivity index (χ2n) is 6.13. The van der Waals surface area contributed by atoms with Gasteiger partial charge < -0.3 is 15.0 Å². The first-order chi connectivity index (χ1) is 9.90. The minimum Gasteiger partial charge on any atom is -0.402 e. The van der Waals surface area contributed by atoms with Crippen molar-refractivity contribution in [2.24, 2.45) is 5.73 Å². The van der Waals surface area contributed by atoms with Gasteiger partial charge >= 0.3 is 7.12 Å². The molecule has 1 aromatic carbocycles. The van der Waals surface area contributed by atoms with E-state index >= 15 is 0 Å². The molecule has 122 valence electrons. The first-order valence-corrected chi connectivity index (χ1v) is 6.53. The third-order valence-corrected chi connectivity index (χ3v) is 4.14. The molecule has 9 heteroatoms. The van der Waals surface area contributed by atoms with Crippen LogP contribution in [-0.4, -0.2) is 18.3 Å². The highest BCUT2D eigenvalue weighted by molar-refractivity contribution is 6.47. The molecular formula is C13H15BF5NO2. The van der Waals surface area contributed by atoms with Crippen molar-refractivity contribution < 1.29 is 31.3 Å². The molecule has 3 nitrogen and oxygen atoms in total. The molecule has 0 bridgehead atoms. The second-order valence-corrected chi connectivity index (χ2v) is 6.13. The maximum Gasteiger partial charge on any atom is 0.480 e. The standard InChI is InChI=1S/C13H15BF5NO2/c1-12(2)13(3,4)22-14(21-12)11(20)5-6(15)8(17)10(19)9(18)7(5)16/h11H,20H2,1-4H3/t11-/m0/s1. The number of nitrogens with two attached hydrogens (primary N) is 1. The fourth-order valence-electron chi connectivity index (χ4n) is 2.09. The molecule has 2 rings (SSSR count). The Hall–Kier alpha value is -1.19. The molecule has 0 radical (unpaired) electrons. The maximum absolute atomic E-state index is 13.8. The Labute approximate surface area is 124 Å². The molecule has 1 aliphatic heterocycles. The van der Waals surface area contributed by atoms with Crippen LogP contribution in [0, 0.1) is 29.1 Å². The third-order valence-electron chi connectivity index (χ3n) is 4.14. The molecule has 1 saturated heterocycles. The van der Waals surface area contributed by atoms with Crippen LogP contribution in [0.2, 0.25) is 0 Å². The summed E-state index contributed by atoms with van der Waals surface area (Å²) in [5.41, 5.74) is 2.77. The monoisotopic (exact) mass is 323 g/mol. The number of hydrogen-bond donors (Lipinski definition) is 1. The Morgan fingerprint density at radius 2 is 1.09 bits per heavy atom. The van der Waals surface area contributed by atoms with E-state index in [-0.39, 0.29) is 0 Å². The second kappa shape index (κ2) is 5.18. The Balaban J connectivity index is 2.46. The number of rotatable bonds is 2. The third kappa shape index (κ3) is 2.41. The van der Waals surface area contributed by atoms with Gasteiger partial charge in [-0.2, -0.15) is 0 Å². The van der Waals surface area contributed by atoms with E-state index in [9.17, 15) is 22.0 Å². The van der Waals surface area contributed by atoms with Crippen LogP contribution in [0.25, 0.3) is 0 Å². The molecule has 0 saturated carbocycles. The van der Waals surface area contributed by atoms with Gasteiger partial charge in [-0.15, -0.1) is 0 Å². The van der Waals surface area contributed by atoms with Crippen molar-refractivity contribution in [1.29, 1.82) is 0 Å². The van der Waals surface area contributed by atoms with Crippen molar-refractivity contribution in [1.82, 2.24) is 0 Å². The molecule has 2 N–H and O–H groups in total. The lowest BCUT2D eigenvalue weighted by molar-refractivity contribution is 0.00578. The minimum atomic E-state index is -2.24. The van der Waals surface area contributed by atoms with Gasteiger partial charge in [0.1, 0.15) is 0 Å². The molecule has 1 aliphatic rings. The van der Waals surface area contributed by atoms with Gasteiger partial charge in [0, 0.05) is 5.56 Å². The molecule has 0 spiro atoms. The van der Waals surface area contributed by atoms with E-state index in [1.54, 1.807) is 27.7 Å². The number of hydrogen-bond acceptors (Lipinski definition) is 3. The predicted molar refractivity (Wildman–Crippen MR) is 69.2 cm³/mol. The largest absolute Gasteiger partial charge is 0.480 e. The van der Waals surface area contributed by atoms with Gasteiger partial charge in [0.05, 0.1) is 17.1 Å². The van der Waals surface area contributed by atoms with Crippen LogP contribution in [0.15, 0.2) is 0 Å². The molecule has 0 aliphatic carbocycles. The van der Waals surface area contributed by atoms with Crippen LogP contribution in [0.4, 0.5) is 22.0 Å². The van der Waals surface area contributed by atoms with E-state index in [0.29, 0.717) is 0 Å². The summed E-state index contributed by atoms with van der Waals surface area (Å²) in [6.07, 6.45) is 0. The molecular weight excluding hydrogens is 308 g/mol. The molecule has 1 aromatic rings. The Kier molecular flexibility index (Phi) is 4.04. The average molecular weight is 323 g/mol. The summed E-state index contributed by atoms with van der Waals surface area (Å²) in [6.45, 7) is 6.66. The molecule has 22 heavy (non-hydrogen) atoms. The van der Waals surface area contributed by atoms with Crippen molar-refractivity contribution in [3.05, 3.63) is 34.6 Å². The predicted octanol–water partition coefficient (Wildman–Crippen LogP) is 3.01. The average Bonchev–Trinajstić information content (AvgIpc) is 2.63. The lowest BCUT2D eigenvalue weighted by Gasteiger charge is -2.32. The summed E-state index contributed by atoms with van der Waals surface area (Å²) in [4.78, 5) is 0. The highest BCUT2D eigenvalue weighted by Crippen LogP contribution is 2.40. The van der Waals surface area contributed by atoms with Gasteiger partial charge in [0.25, 0.3) is 0 Å².